The predicted octanol–water partition coefficient (Wildman–Crippen LogP) is 5.70. The molecule has 1 N–H and O–H groups in total. The lowest BCUT2D eigenvalue weighted by atomic mass is 9.84. The molecule has 1 amide bonds. The maximum atomic E-state index is 12.8. The van der Waals surface area contributed by atoms with Crippen molar-refractivity contribution in [1.82, 2.24) is 0 Å². The van der Waals surface area contributed by atoms with Crippen LogP contribution in [0.1, 0.15) is 57.2 Å². The van der Waals surface area contributed by atoms with Crippen LogP contribution in [-0.2, 0) is 14.4 Å². The summed E-state index contributed by atoms with van der Waals surface area (Å²) in [5.74, 6) is -0.200. The summed E-state index contributed by atoms with van der Waals surface area (Å²) in [7, 11) is 0. The number of esters is 2. The standard InChI is InChI=1S/C28H29NO5/c1-18(30)33-22-14-10-20(11-15-22)26(21-12-16-23(17-13-21)34-19(2)31)24-8-6-7-9-25(24)29-27(32)28(3,4)5/h6-17,26H,1-5H3,(H,29,32). The minimum Gasteiger partial charge on any atom is -0.427 e. The van der Waals surface area contributed by atoms with Crippen molar-refractivity contribution >= 4 is 23.5 Å². The molecule has 0 saturated heterocycles. The smallest absolute Gasteiger partial charge is 0.308 e. The van der Waals surface area contributed by atoms with Gasteiger partial charge in [-0.25, -0.2) is 0 Å². The SMILES string of the molecule is CC(=O)Oc1ccc(C(c2ccc(OC(C)=O)cc2)c2ccccc2NC(=O)C(C)(C)C)cc1. The Balaban J connectivity index is 2.08. The van der Waals surface area contributed by atoms with Gasteiger partial charge in [-0.05, 0) is 47.0 Å². The van der Waals surface area contributed by atoms with E-state index in [1.54, 1.807) is 24.3 Å². The van der Waals surface area contributed by atoms with Crippen LogP contribution in [0.2, 0.25) is 0 Å². The first-order chi connectivity index (χ1) is 16.0. The largest absolute Gasteiger partial charge is 0.427 e. The third-order valence-corrected chi connectivity index (χ3v) is 5.15. The number of rotatable bonds is 6. The number of benzene rings is 3. The zero-order chi connectivity index (χ0) is 24.9. The van der Waals surface area contributed by atoms with Crippen LogP contribution < -0.4 is 14.8 Å². The van der Waals surface area contributed by atoms with Crippen LogP contribution in [0.15, 0.2) is 72.8 Å². The zero-order valence-electron chi connectivity index (χ0n) is 20.0. The van der Waals surface area contributed by atoms with Gasteiger partial charge in [0.25, 0.3) is 0 Å². The second kappa shape index (κ2) is 10.3. The normalized spacial score (nSPS) is 11.1. The summed E-state index contributed by atoms with van der Waals surface area (Å²) in [5, 5.41) is 3.07. The first kappa shape index (κ1) is 24.7. The molecule has 3 aromatic rings. The second-order valence-corrected chi connectivity index (χ2v) is 9.05. The van der Waals surface area contributed by atoms with E-state index in [0.29, 0.717) is 17.2 Å². The van der Waals surface area contributed by atoms with Crippen LogP contribution in [0, 0.1) is 5.41 Å². The van der Waals surface area contributed by atoms with E-state index in [2.05, 4.69) is 5.32 Å². The van der Waals surface area contributed by atoms with Crippen molar-refractivity contribution in [2.45, 2.75) is 40.5 Å². The third-order valence-electron chi connectivity index (χ3n) is 5.15. The summed E-state index contributed by atoms with van der Waals surface area (Å²) >= 11 is 0. The van der Waals surface area contributed by atoms with E-state index >= 15 is 0 Å². The number of ether oxygens (including phenoxy) is 2. The van der Waals surface area contributed by atoms with E-state index in [1.807, 2.05) is 69.3 Å². The number of anilines is 1. The van der Waals surface area contributed by atoms with Gasteiger partial charge >= 0.3 is 11.9 Å². The Labute approximate surface area is 199 Å². The summed E-state index contributed by atoms with van der Waals surface area (Å²) in [6.45, 7) is 8.31. The van der Waals surface area contributed by atoms with Gasteiger partial charge in [0.05, 0.1) is 0 Å². The number of nitrogens with one attached hydrogen (secondary N) is 1. The monoisotopic (exact) mass is 459 g/mol. The van der Waals surface area contributed by atoms with Gasteiger partial charge in [0.1, 0.15) is 11.5 Å². The van der Waals surface area contributed by atoms with Crippen molar-refractivity contribution in [1.29, 1.82) is 0 Å². The first-order valence-corrected chi connectivity index (χ1v) is 11.0. The lowest BCUT2D eigenvalue weighted by Gasteiger charge is -2.24. The van der Waals surface area contributed by atoms with E-state index in [1.165, 1.54) is 13.8 Å². The fraction of sp³-hybridized carbons (Fsp3) is 0.250. The maximum absolute atomic E-state index is 12.8. The molecular formula is C28H29NO5. The molecule has 0 heterocycles. The lowest BCUT2D eigenvalue weighted by Crippen LogP contribution is -2.28. The lowest BCUT2D eigenvalue weighted by molar-refractivity contribution is -0.132. The number of carbonyl (C=O) groups is 3. The molecule has 176 valence electrons. The van der Waals surface area contributed by atoms with Crippen LogP contribution in [0.25, 0.3) is 0 Å². The fourth-order valence-corrected chi connectivity index (χ4v) is 3.51. The van der Waals surface area contributed by atoms with Crippen LogP contribution in [0.3, 0.4) is 0 Å². The molecule has 6 nitrogen and oxygen atoms in total. The second-order valence-electron chi connectivity index (χ2n) is 9.05. The van der Waals surface area contributed by atoms with Crippen molar-refractivity contribution in [3.8, 4) is 11.5 Å². The average Bonchev–Trinajstić information content (AvgIpc) is 2.76. The van der Waals surface area contributed by atoms with Crippen LogP contribution >= 0.6 is 0 Å². The number of para-hydroxylation sites is 1. The number of hydrogen-bond donors (Lipinski definition) is 1. The highest BCUT2D eigenvalue weighted by Crippen LogP contribution is 2.38. The number of hydrogen-bond acceptors (Lipinski definition) is 5. The average molecular weight is 460 g/mol. The summed E-state index contributed by atoms with van der Waals surface area (Å²) in [5.41, 5.74) is 2.93. The highest BCUT2D eigenvalue weighted by molar-refractivity contribution is 5.95. The van der Waals surface area contributed by atoms with Gasteiger partial charge in [-0.1, -0.05) is 63.2 Å². The molecule has 3 aromatic carbocycles. The van der Waals surface area contributed by atoms with Gasteiger partial charge in [-0.2, -0.15) is 0 Å². The van der Waals surface area contributed by atoms with Gasteiger partial charge in [0, 0.05) is 30.9 Å². The Hall–Kier alpha value is -3.93. The molecule has 0 aliphatic carbocycles. The molecule has 0 aliphatic heterocycles. The summed E-state index contributed by atoms with van der Waals surface area (Å²) in [6, 6.07) is 22.2. The highest BCUT2D eigenvalue weighted by atomic mass is 16.5. The Kier molecular flexibility index (Phi) is 7.51. The van der Waals surface area contributed by atoms with Gasteiger partial charge in [0.15, 0.2) is 0 Å². The molecule has 0 aliphatic rings. The Morgan fingerprint density at radius 1 is 0.706 bits per heavy atom. The zero-order valence-corrected chi connectivity index (χ0v) is 20.0. The molecule has 0 spiro atoms. The Morgan fingerprint density at radius 3 is 1.56 bits per heavy atom. The highest BCUT2D eigenvalue weighted by Gasteiger charge is 2.25. The van der Waals surface area contributed by atoms with E-state index in [9.17, 15) is 14.4 Å². The van der Waals surface area contributed by atoms with E-state index in [-0.39, 0.29) is 23.8 Å². The summed E-state index contributed by atoms with van der Waals surface area (Å²) in [4.78, 5) is 35.4. The first-order valence-electron chi connectivity index (χ1n) is 11.0. The fourth-order valence-electron chi connectivity index (χ4n) is 3.51. The molecule has 0 atom stereocenters. The Morgan fingerprint density at radius 2 is 1.15 bits per heavy atom. The molecule has 0 aromatic heterocycles. The predicted molar refractivity (Wildman–Crippen MR) is 131 cm³/mol. The molecular weight excluding hydrogens is 430 g/mol. The van der Waals surface area contributed by atoms with Crippen molar-refractivity contribution in [2.24, 2.45) is 5.41 Å². The van der Waals surface area contributed by atoms with Crippen LogP contribution in [0.4, 0.5) is 5.69 Å². The van der Waals surface area contributed by atoms with Gasteiger partial charge < -0.3 is 14.8 Å². The Bertz CT molecular complexity index is 1120. The molecule has 0 radical (unpaired) electrons. The van der Waals surface area contributed by atoms with Crippen molar-refractivity contribution in [2.75, 3.05) is 5.32 Å². The minimum atomic E-state index is -0.556. The molecule has 0 saturated carbocycles. The van der Waals surface area contributed by atoms with Crippen LogP contribution in [-0.4, -0.2) is 17.8 Å². The third kappa shape index (κ3) is 6.32. The molecule has 34 heavy (non-hydrogen) atoms. The van der Waals surface area contributed by atoms with E-state index in [4.69, 9.17) is 9.47 Å². The molecule has 0 fully saturated rings. The summed E-state index contributed by atoms with van der Waals surface area (Å²) < 4.78 is 10.4. The molecule has 0 unspecified atom stereocenters. The topological polar surface area (TPSA) is 81.7 Å². The van der Waals surface area contributed by atoms with Crippen molar-refractivity contribution < 1.29 is 23.9 Å². The van der Waals surface area contributed by atoms with Crippen molar-refractivity contribution in [3.63, 3.8) is 0 Å². The molecule has 6 heteroatoms. The van der Waals surface area contributed by atoms with Crippen LogP contribution in [0.5, 0.6) is 11.5 Å². The number of carbonyl (C=O) groups excluding carboxylic acids is 3. The van der Waals surface area contributed by atoms with E-state index < -0.39 is 5.41 Å². The van der Waals surface area contributed by atoms with E-state index in [0.717, 1.165) is 16.7 Å². The quantitative estimate of drug-likeness (QED) is 0.290. The molecule has 3 rings (SSSR count). The summed E-state index contributed by atoms with van der Waals surface area (Å²) in [6.07, 6.45) is 0. The van der Waals surface area contributed by atoms with Crippen molar-refractivity contribution in [3.05, 3.63) is 89.5 Å². The minimum absolute atomic E-state index is 0.0888. The van der Waals surface area contributed by atoms with Gasteiger partial charge in [0.2, 0.25) is 5.91 Å². The van der Waals surface area contributed by atoms with Gasteiger partial charge in [-0.3, -0.25) is 14.4 Å². The number of amides is 1. The maximum Gasteiger partial charge on any atom is 0.308 e. The molecule has 0 bridgehead atoms. The van der Waals surface area contributed by atoms with Gasteiger partial charge in [-0.15, -0.1) is 0 Å².